The lowest BCUT2D eigenvalue weighted by Gasteiger charge is -2.12. The molecular formula is C13H14F3NO. The maximum Gasteiger partial charge on any atom is 0.416 e. The van der Waals surface area contributed by atoms with Crippen LogP contribution in [0.15, 0.2) is 18.2 Å². The second-order valence-electron chi connectivity index (χ2n) is 4.58. The van der Waals surface area contributed by atoms with E-state index in [9.17, 15) is 18.0 Å². The number of nitrogens with one attached hydrogen (secondary N) is 1. The zero-order chi connectivity index (χ0) is 13.3. The number of carbonyl (C=O) groups excluding carboxylic acids is 1. The number of ketones is 1. The molecule has 0 spiro atoms. The van der Waals surface area contributed by atoms with Gasteiger partial charge in [0.25, 0.3) is 0 Å². The van der Waals surface area contributed by atoms with Crippen LogP contribution >= 0.6 is 0 Å². The molecule has 0 amide bonds. The van der Waals surface area contributed by atoms with Gasteiger partial charge in [-0.3, -0.25) is 4.79 Å². The van der Waals surface area contributed by atoms with Gasteiger partial charge in [-0.25, -0.2) is 0 Å². The van der Waals surface area contributed by atoms with E-state index in [1.165, 1.54) is 6.07 Å². The zero-order valence-electron chi connectivity index (χ0n) is 9.97. The van der Waals surface area contributed by atoms with Crippen molar-refractivity contribution in [2.24, 2.45) is 5.92 Å². The second kappa shape index (κ2) is 4.72. The summed E-state index contributed by atoms with van der Waals surface area (Å²) in [5.41, 5.74) is 0.0829. The first kappa shape index (κ1) is 13.1. The van der Waals surface area contributed by atoms with Crippen LogP contribution in [0.25, 0.3) is 0 Å². The molecule has 0 saturated carbocycles. The minimum absolute atomic E-state index is 0.0637. The van der Waals surface area contributed by atoms with E-state index >= 15 is 0 Å². The molecular weight excluding hydrogens is 243 g/mol. The number of alkyl halides is 3. The molecule has 5 heteroatoms. The summed E-state index contributed by atoms with van der Waals surface area (Å²) in [5, 5.41) is 3.08. The highest BCUT2D eigenvalue weighted by atomic mass is 19.4. The summed E-state index contributed by atoms with van der Waals surface area (Å²) >= 11 is 0. The van der Waals surface area contributed by atoms with Gasteiger partial charge in [0.2, 0.25) is 0 Å². The Labute approximate surface area is 103 Å². The van der Waals surface area contributed by atoms with Crippen molar-refractivity contribution in [3.63, 3.8) is 0 Å². The van der Waals surface area contributed by atoms with Crippen molar-refractivity contribution in [2.75, 3.05) is 13.1 Å². The minimum atomic E-state index is -4.36. The number of Topliss-reactive ketones (excluding diaryl/α,β-unsaturated/α-hetero) is 1. The third-order valence-corrected chi connectivity index (χ3v) is 3.25. The number of benzene rings is 1. The highest BCUT2D eigenvalue weighted by molar-refractivity contribution is 5.99. The topological polar surface area (TPSA) is 29.1 Å². The van der Waals surface area contributed by atoms with E-state index in [1.807, 2.05) is 0 Å². The van der Waals surface area contributed by atoms with E-state index in [-0.39, 0.29) is 11.7 Å². The summed E-state index contributed by atoms with van der Waals surface area (Å²) in [6, 6.07) is 3.30. The number of carbonyl (C=O) groups is 1. The Balaban J connectivity index is 2.27. The molecule has 1 fully saturated rings. The van der Waals surface area contributed by atoms with Crippen molar-refractivity contribution in [1.29, 1.82) is 0 Å². The van der Waals surface area contributed by atoms with Crippen LogP contribution in [0.5, 0.6) is 0 Å². The molecule has 1 atom stereocenters. The zero-order valence-corrected chi connectivity index (χ0v) is 9.97. The van der Waals surface area contributed by atoms with E-state index in [1.54, 1.807) is 6.92 Å². The summed E-state index contributed by atoms with van der Waals surface area (Å²) in [5.74, 6) is -0.174. The molecule has 1 saturated heterocycles. The maximum absolute atomic E-state index is 12.5. The van der Waals surface area contributed by atoms with E-state index in [4.69, 9.17) is 0 Å². The lowest BCUT2D eigenvalue weighted by Crippen LogP contribution is -2.19. The molecule has 1 aliphatic heterocycles. The van der Waals surface area contributed by atoms with Crippen LogP contribution in [0.3, 0.4) is 0 Å². The molecule has 98 valence electrons. The van der Waals surface area contributed by atoms with Crippen molar-refractivity contribution in [1.82, 2.24) is 5.32 Å². The summed E-state index contributed by atoms with van der Waals surface area (Å²) < 4.78 is 37.5. The Kier molecular flexibility index (Phi) is 3.43. The van der Waals surface area contributed by atoms with E-state index in [0.717, 1.165) is 25.1 Å². The van der Waals surface area contributed by atoms with Crippen molar-refractivity contribution in [2.45, 2.75) is 19.5 Å². The Hall–Kier alpha value is -1.36. The SMILES string of the molecule is Cc1cc(C(F)(F)F)ccc1C(=O)C1CCNC1. The Morgan fingerprint density at radius 3 is 2.61 bits per heavy atom. The molecule has 0 radical (unpaired) electrons. The first-order chi connectivity index (χ1) is 8.39. The minimum Gasteiger partial charge on any atom is -0.316 e. The van der Waals surface area contributed by atoms with Gasteiger partial charge >= 0.3 is 6.18 Å². The lowest BCUT2D eigenvalue weighted by molar-refractivity contribution is -0.137. The van der Waals surface area contributed by atoms with E-state index in [2.05, 4.69) is 5.32 Å². The van der Waals surface area contributed by atoms with E-state index < -0.39 is 11.7 Å². The third-order valence-electron chi connectivity index (χ3n) is 3.25. The number of hydrogen-bond acceptors (Lipinski definition) is 2. The van der Waals surface area contributed by atoms with Crippen LogP contribution < -0.4 is 5.32 Å². The average Bonchev–Trinajstić information content (AvgIpc) is 2.80. The standard InChI is InChI=1S/C13H14F3NO/c1-8-6-10(13(14,15)16)2-3-11(8)12(18)9-4-5-17-7-9/h2-3,6,9,17H,4-5,7H2,1H3. The van der Waals surface area contributed by atoms with Gasteiger partial charge in [-0.15, -0.1) is 0 Å². The smallest absolute Gasteiger partial charge is 0.316 e. The molecule has 2 rings (SSSR count). The molecule has 0 aliphatic carbocycles. The molecule has 1 aromatic carbocycles. The Morgan fingerprint density at radius 1 is 1.39 bits per heavy atom. The summed E-state index contributed by atoms with van der Waals surface area (Å²) in [7, 11) is 0. The number of rotatable bonds is 2. The molecule has 0 bridgehead atoms. The number of hydrogen-bond donors (Lipinski definition) is 1. The van der Waals surface area contributed by atoms with Gasteiger partial charge in [0.1, 0.15) is 0 Å². The van der Waals surface area contributed by atoms with Gasteiger partial charge in [-0.2, -0.15) is 13.2 Å². The largest absolute Gasteiger partial charge is 0.416 e. The highest BCUT2D eigenvalue weighted by Gasteiger charge is 2.32. The fourth-order valence-electron chi connectivity index (χ4n) is 2.21. The fraction of sp³-hybridized carbons (Fsp3) is 0.462. The van der Waals surface area contributed by atoms with Crippen LogP contribution in [0, 0.1) is 12.8 Å². The van der Waals surface area contributed by atoms with E-state index in [0.29, 0.717) is 17.7 Å². The predicted octanol–water partition coefficient (Wildman–Crippen LogP) is 2.81. The van der Waals surface area contributed by atoms with Crippen LogP contribution in [0.1, 0.15) is 27.9 Å². The fourth-order valence-corrected chi connectivity index (χ4v) is 2.21. The summed E-state index contributed by atoms with van der Waals surface area (Å²) in [6.45, 7) is 2.94. The van der Waals surface area contributed by atoms with Crippen LogP contribution in [-0.4, -0.2) is 18.9 Å². The lowest BCUT2D eigenvalue weighted by atomic mass is 9.93. The molecule has 1 N–H and O–H groups in total. The van der Waals surface area contributed by atoms with Crippen molar-refractivity contribution < 1.29 is 18.0 Å². The molecule has 18 heavy (non-hydrogen) atoms. The Morgan fingerprint density at radius 2 is 2.11 bits per heavy atom. The van der Waals surface area contributed by atoms with Crippen molar-refractivity contribution >= 4 is 5.78 Å². The summed E-state index contributed by atoms with van der Waals surface area (Å²) in [6.07, 6.45) is -3.61. The van der Waals surface area contributed by atoms with Crippen molar-refractivity contribution in [3.05, 3.63) is 34.9 Å². The molecule has 2 nitrogen and oxygen atoms in total. The number of halogens is 3. The first-order valence-corrected chi connectivity index (χ1v) is 5.82. The van der Waals surface area contributed by atoms with Crippen LogP contribution in [0.2, 0.25) is 0 Å². The monoisotopic (exact) mass is 257 g/mol. The predicted molar refractivity (Wildman–Crippen MR) is 61.5 cm³/mol. The normalized spacial score (nSPS) is 20.1. The third kappa shape index (κ3) is 2.56. The van der Waals surface area contributed by atoms with Gasteiger partial charge in [0, 0.05) is 18.0 Å². The van der Waals surface area contributed by atoms with Gasteiger partial charge in [0.15, 0.2) is 5.78 Å². The van der Waals surface area contributed by atoms with Gasteiger partial charge in [-0.05, 0) is 37.6 Å². The van der Waals surface area contributed by atoms with Gasteiger partial charge in [0.05, 0.1) is 5.56 Å². The summed E-state index contributed by atoms with van der Waals surface area (Å²) in [4.78, 5) is 12.1. The Bertz CT molecular complexity index is 462. The molecule has 0 aromatic heterocycles. The quantitative estimate of drug-likeness (QED) is 0.825. The molecule has 1 aromatic rings. The van der Waals surface area contributed by atoms with Gasteiger partial charge in [-0.1, -0.05) is 6.07 Å². The highest BCUT2D eigenvalue weighted by Crippen LogP contribution is 2.31. The first-order valence-electron chi connectivity index (χ1n) is 5.82. The van der Waals surface area contributed by atoms with Crippen LogP contribution in [-0.2, 0) is 6.18 Å². The molecule has 1 heterocycles. The van der Waals surface area contributed by atoms with Crippen molar-refractivity contribution in [3.8, 4) is 0 Å². The maximum atomic E-state index is 12.5. The molecule has 1 unspecified atom stereocenters. The molecule has 1 aliphatic rings. The van der Waals surface area contributed by atoms with Crippen LogP contribution in [0.4, 0.5) is 13.2 Å². The number of aryl methyl sites for hydroxylation is 1. The average molecular weight is 257 g/mol. The second-order valence-corrected chi connectivity index (χ2v) is 4.58. The van der Waals surface area contributed by atoms with Gasteiger partial charge < -0.3 is 5.32 Å².